The van der Waals surface area contributed by atoms with Crippen LogP contribution < -0.4 is 19.5 Å². The molecule has 2 rings (SSSR count). The van der Waals surface area contributed by atoms with Crippen LogP contribution in [0.3, 0.4) is 0 Å². The topological polar surface area (TPSA) is 56.8 Å². The van der Waals surface area contributed by atoms with Gasteiger partial charge in [-0.05, 0) is 36.2 Å². The highest BCUT2D eigenvalue weighted by Gasteiger charge is 2.18. The maximum absolute atomic E-state index is 12.3. The third-order valence-corrected chi connectivity index (χ3v) is 3.61. The molecule has 0 aliphatic rings. The van der Waals surface area contributed by atoms with Gasteiger partial charge in [0.15, 0.2) is 6.10 Å². The first-order valence-electron chi connectivity index (χ1n) is 7.87. The molecular weight excluding hydrogens is 306 g/mol. The van der Waals surface area contributed by atoms with Crippen molar-refractivity contribution in [1.82, 2.24) is 5.32 Å². The van der Waals surface area contributed by atoms with Gasteiger partial charge in [0.05, 0.1) is 14.2 Å². The van der Waals surface area contributed by atoms with E-state index in [0.717, 1.165) is 11.3 Å². The summed E-state index contributed by atoms with van der Waals surface area (Å²) in [6.07, 6.45) is 0.0291. The Morgan fingerprint density at radius 1 is 1.00 bits per heavy atom. The van der Waals surface area contributed by atoms with Gasteiger partial charge in [-0.3, -0.25) is 4.79 Å². The van der Waals surface area contributed by atoms with Gasteiger partial charge in [-0.15, -0.1) is 0 Å². The number of rotatable bonds is 8. The van der Waals surface area contributed by atoms with Crippen molar-refractivity contribution in [2.24, 2.45) is 0 Å². The van der Waals surface area contributed by atoms with Crippen molar-refractivity contribution in [3.8, 4) is 17.2 Å². The molecular formula is C19H23NO4. The third-order valence-electron chi connectivity index (χ3n) is 3.61. The van der Waals surface area contributed by atoms with Gasteiger partial charge in [0, 0.05) is 12.6 Å². The first-order chi connectivity index (χ1) is 11.7. The second-order valence-corrected chi connectivity index (χ2v) is 5.26. The third kappa shape index (κ3) is 4.91. The summed E-state index contributed by atoms with van der Waals surface area (Å²) in [5.41, 5.74) is 1.00. The van der Waals surface area contributed by atoms with E-state index >= 15 is 0 Å². The highest BCUT2D eigenvalue weighted by molar-refractivity contribution is 5.81. The van der Waals surface area contributed by atoms with E-state index in [-0.39, 0.29) is 5.91 Å². The zero-order chi connectivity index (χ0) is 17.4. The second-order valence-electron chi connectivity index (χ2n) is 5.26. The Balaban J connectivity index is 1.92. The molecule has 1 amide bonds. The molecule has 0 spiro atoms. The van der Waals surface area contributed by atoms with Gasteiger partial charge >= 0.3 is 0 Å². The van der Waals surface area contributed by atoms with E-state index in [1.807, 2.05) is 49.4 Å². The zero-order valence-corrected chi connectivity index (χ0v) is 14.2. The number of nitrogens with one attached hydrogen (secondary N) is 1. The van der Waals surface area contributed by atoms with Crippen molar-refractivity contribution >= 4 is 5.91 Å². The molecule has 0 heterocycles. The van der Waals surface area contributed by atoms with Crippen LogP contribution in [0.2, 0.25) is 0 Å². The Morgan fingerprint density at radius 3 is 2.29 bits per heavy atom. The highest BCUT2D eigenvalue weighted by Crippen LogP contribution is 2.20. The molecule has 0 aromatic heterocycles. The quantitative estimate of drug-likeness (QED) is 0.808. The van der Waals surface area contributed by atoms with Crippen molar-refractivity contribution in [3.63, 3.8) is 0 Å². The molecule has 0 unspecified atom stereocenters. The van der Waals surface area contributed by atoms with Crippen LogP contribution in [0.15, 0.2) is 48.5 Å². The predicted octanol–water partition coefficient (Wildman–Crippen LogP) is 3.18. The minimum atomic E-state index is -0.546. The molecule has 1 N–H and O–H groups in total. The normalized spacial score (nSPS) is 11.5. The average Bonchev–Trinajstić information content (AvgIpc) is 2.64. The van der Waals surface area contributed by atoms with Crippen molar-refractivity contribution in [3.05, 3.63) is 54.1 Å². The number of carbonyl (C=O) groups excluding carboxylic acids is 1. The molecule has 0 aliphatic carbocycles. The number of hydrogen-bond acceptors (Lipinski definition) is 4. The summed E-state index contributed by atoms with van der Waals surface area (Å²) in [5.74, 6) is 1.95. The molecule has 24 heavy (non-hydrogen) atoms. The lowest BCUT2D eigenvalue weighted by atomic mass is 10.2. The van der Waals surface area contributed by atoms with E-state index in [0.29, 0.717) is 24.5 Å². The number of hydrogen-bond donors (Lipinski definition) is 1. The maximum Gasteiger partial charge on any atom is 0.261 e. The number of carbonyl (C=O) groups is 1. The van der Waals surface area contributed by atoms with Crippen LogP contribution in [0.5, 0.6) is 17.2 Å². The monoisotopic (exact) mass is 329 g/mol. The zero-order valence-electron chi connectivity index (χ0n) is 14.2. The van der Waals surface area contributed by atoms with Gasteiger partial charge in [0.1, 0.15) is 17.2 Å². The van der Waals surface area contributed by atoms with E-state index < -0.39 is 6.10 Å². The van der Waals surface area contributed by atoms with Crippen molar-refractivity contribution in [2.45, 2.75) is 26.0 Å². The summed E-state index contributed by atoms with van der Waals surface area (Å²) in [4.78, 5) is 12.3. The lowest BCUT2D eigenvalue weighted by Crippen LogP contribution is -2.37. The fraction of sp³-hybridized carbons (Fsp3) is 0.316. The second kappa shape index (κ2) is 8.82. The number of methoxy groups -OCH3 is 2. The molecule has 5 nitrogen and oxygen atoms in total. The lowest BCUT2D eigenvalue weighted by Gasteiger charge is -2.17. The molecule has 5 heteroatoms. The summed E-state index contributed by atoms with van der Waals surface area (Å²) < 4.78 is 16.1. The van der Waals surface area contributed by atoms with Crippen LogP contribution >= 0.6 is 0 Å². The molecule has 2 aromatic rings. The fourth-order valence-corrected chi connectivity index (χ4v) is 2.21. The largest absolute Gasteiger partial charge is 0.497 e. The van der Waals surface area contributed by atoms with Crippen molar-refractivity contribution in [2.75, 3.05) is 14.2 Å². The van der Waals surface area contributed by atoms with Crippen molar-refractivity contribution < 1.29 is 19.0 Å². The summed E-state index contributed by atoms with van der Waals surface area (Å²) >= 11 is 0. The van der Waals surface area contributed by atoms with Crippen LogP contribution in [0, 0.1) is 0 Å². The highest BCUT2D eigenvalue weighted by atomic mass is 16.5. The number of amides is 1. The summed E-state index contributed by atoms with van der Waals surface area (Å²) in [7, 11) is 3.22. The molecule has 0 bridgehead atoms. The van der Waals surface area contributed by atoms with E-state index in [4.69, 9.17) is 14.2 Å². The van der Waals surface area contributed by atoms with Crippen LogP contribution in [-0.4, -0.2) is 26.2 Å². The average molecular weight is 329 g/mol. The molecule has 0 radical (unpaired) electrons. The predicted molar refractivity (Wildman–Crippen MR) is 92.5 cm³/mol. The molecule has 128 valence electrons. The summed E-state index contributed by atoms with van der Waals surface area (Å²) in [5, 5.41) is 2.90. The summed E-state index contributed by atoms with van der Waals surface area (Å²) in [6.45, 7) is 2.36. The lowest BCUT2D eigenvalue weighted by molar-refractivity contribution is -0.128. The Bertz CT molecular complexity index is 655. The molecule has 1 atom stereocenters. The van der Waals surface area contributed by atoms with E-state index in [1.54, 1.807) is 20.3 Å². The van der Waals surface area contributed by atoms with Crippen LogP contribution in [0.4, 0.5) is 0 Å². The Morgan fingerprint density at radius 2 is 1.67 bits per heavy atom. The molecule has 0 fully saturated rings. The first kappa shape index (κ1) is 17.7. The van der Waals surface area contributed by atoms with Crippen LogP contribution in [0.1, 0.15) is 18.9 Å². The Labute approximate surface area is 142 Å². The fourth-order valence-electron chi connectivity index (χ4n) is 2.21. The Hall–Kier alpha value is -2.69. The number of ether oxygens (including phenoxy) is 3. The van der Waals surface area contributed by atoms with Gasteiger partial charge in [0.2, 0.25) is 0 Å². The minimum absolute atomic E-state index is 0.142. The van der Waals surface area contributed by atoms with Gasteiger partial charge in [-0.25, -0.2) is 0 Å². The number of benzene rings is 2. The van der Waals surface area contributed by atoms with E-state index in [9.17, 15) is 4.79 Å². The van der Waals surface area contributed by atoms with E-state index in [2.05, 4.69) is 5.32 Å². The smallest absolute Gasteiger partial charge is 0.261 e. The van der Waals surface area contributed by atoms with Gasteiger partial charge < -0.3 is 19.5 Å². The SMILES string of the molecule is CC[C@@H](Oc1cccc(OC)c1)C(=O)NCc1ccc(OC)cc1. The maximum atomic E-state index is 12.3. The van der Waals surface area contributed by atoms with Crippen molar-refractivity contribution in [1.29, 1.82) is 0 Å². The Kier molecular flexibility index (Phi) is 6.49. The van der Waals surface area contributed by atoms with Crippen LogP contribution in [-0.2, 0) is 11.3 Å². The molecule has 2 aromatic carbocycles. The van der Waals surface area contributed by atoms with E-state index in [1.165, 1.54) is 0 Å². The molecule has 0 saturated carbocycles. The van der Waals surface area contributed by atoms with Crippen LogP contribution in [0.25, 0.3) is 0 Å². The van der Waals surface area contributed by atoms with Gasteiger partial charge in [-0.1, -0.05) is 25.1 Å². The molecule has 0 aliphatic heterocycles. The van der Waals surface area contributed by atoms with Gasteiger partial charge in [0.25, 0.3) is 5.91 Å². The van der Waals surface area contributed by atoms with Gasteiger partial charge in [-0.2, -0.15) is 0 Å². The summed E-state index contributed by atoms with van der Waals surface area (Å²) in [6, 6.07) is 14.8. The molecule has 0 saturated heterocycles. The minimum Gasteiger partial charge on any atom is -0.497 e. The standard InChI is InChI=1S/C19H23NO4/c1-4-18(24-17-7-5-6-16(12-17)23-3)19(21)20-13-14-8-10-15(22-2)11-9-14/h5-12,18H,4,13H2,1-3H3,(H,20,21)/t18-/m1/s1. The first-order valence-corrected chi connectivity index (χ1v) is 7.87.